The number of carbonyl (C=O) groups is 1. The van der Waals surface area contributed by atoms with Crippen molar-refractivity contribution in [2.45, 2.75) is 26.8 Å². The van der Waals surface area contributed by atoms with E-state index >= 15 is 0 Å². The number of aromatic amines is 1. The lowest BCUT2D eigenvalue weighted by molar-refractivity contribution is 0.244. The number of nitrogens with zero attached hydrogens (tertiary/aromatic N) is 1. The van der Waals surface area contributed by atoms with Crippen molar-refractivity contribution in [1.29, 1.82) is 0 Å². The Labute approximate surface area is 141 Å². The lowest BCUT2D eigenvalue weighted by Crippen LogP contribution is -2.35. The maximum atomic E-state index is 12.3. The second kappa shape index (κ2) is 6.74. The Hall–Kier alpha value is -2.82. The monoisotopic (exact) mass is 322 g/mol. The summed E-state index contributed by atoms with van der Waals surface area (Å²) < 4.78 is 0. The Kier molecular flexibility index (Phi) is 4.51. The van der Waals surface area contributed by atoms with Gasteiger partial charge in [-0.25, -0.2) is 9.78 Å². The van der Waals surface area contributed by atoms with Gasteiger partial charge >= 0.3 is 6.03 Å². The molecule has 0 aliphatic carbocycles. The normalized spacial score (nSPS) is 12.3. The van der Waals surface area contributed by atoms with Gasteiger partial charge in [-0.3, -0.25) is 0 Å². The molecule has 5 nitrogen and oxygen atoms in total. The summed E-state index contributed by atoms with van der Waals surface area (Å²) in [5.74, 6) is 0.972. The maximum absolute atomic E-state index is 12.3. The fourth-order valence-electron chi connectivity index (χ4n) is 2.62. The fourth-order valence-corrected chi connectivity index (χ4v) is 2.62. The van der Waals surface area contributed by atoms with Crippen LogP contribution in [0.25, 0.3) is 11.0 Å². The molecule has 3 aromatic rings. The first kappa shape index (κ1) is 16.1. The molecule has 0 saturated carbocycles. The summed E-state index contributed by atoms with van der Waals surface area (Å²) in [6, 6.07) is 15.1. The molecule has 2 aromatic carbocycles. The lowest BCUT2D eigenvalue weighted by Gasteiger charge is -2.20. The highest BCUT2D eigenvalue weighted by atomic mass is 16.2. The standard InChI is InChI=1S/C19H22N4O/c1-12(2)17(18-21-15-6-4-5-7-16(15)22-18)23-19(24)20-14-10-8-13(3)9-11-14/h4-12,17H,1-3H3,(H,21,22)(H2,20,23,24). The predicted octanol–water partition coefficient (Wildman–Crippen LogP) is 4.39. The minimum atomic E-state index is -0.238. The van der Waals surface area contributed by atoms with Crippen LogP contribution in [-0.4, -0.2) is 16.0 Å². The zero-order chi connectivity index (χ0) is 17.1. The van der Waals surface area contributed by atoms with Crippen molar-refractivity contribution in [3.05, 3.63) is 59.9 Å². The minimum absolute atomic E-state index is 0.192. The van der Waals surface area contributed by atoms with Gasteiger partial charge in [0.25, 0.3) is 0 Å². The number of imidazole rings is 1. The number of fused-ring (bicyclic) bond motifs is 1. The van der Waals surface area contributed by atoms with E-state index < -0.39 is 0 Å². The summed E-state index contributed by atoms with van der Waals surface area (Å²) >= 11 is 0. The molecule has 3 rings (SSSR count). The summed E-state index contributed by atoms with van der Waals surface area (Å²) in [5, 5.41) is 5.88. The third-order valence-electron chi connectivity index (χ3n) is 3.96. The number of carbonyl (C=O) groups excluding carboxylic acids is 1. The van der Waals surface area contributed by atoms with E-state index in [1.54, 1.807) is 0 Å². The highest BCUT2D eigenvalue weighted by Crippen LogP contribution is 2.22. The molecule has 0 fully saturated rings. The van der Waals surface area contributed by atoms with Crippen molar-refractivity contribution in [1.82, 2.24) is 15.3 Å². The predicted molar refractivity (Wildman–Crippen MR) is 97.0 cm³/mol. The molecule has 24 heavy (non-hydrogen) atoms. The first-order chi connectivity index (χ1) is 11.5. The van der Waals surface area contributed by atoms with Crippen LogP contribution in [0.1, 0.15) is 31.3 Å². The van der Waals surface area contributed by atoms with Gasteiger partial charge in [0.05, 0.1) is 17.1 Å². The van der Waals surface area contributed by atoms with Gasteiger partial charge in [-0.2, -0.15) is 0 Å². The number of amides is 2. The molecule has 1 atom stereocenters. The highest BCUT2D eigenvalue weighted by molar-refractivity contribution is 5.89. The molecular formula is C19H22N4O. The maximum Gasteiger partial charge on any atom is 0.319 e. The van der Waals surface area contributed by atoms with E-state index in [1.165, 1.54) is 0 Å². The molecule has 0 aliphatic rings. The van der Waals surface area contributed by atoms with Gasteiger partial charge in [0.15, 0.2) is 0 Å². The zero-order valence-electron chi connectivity index (χ0n) is 14.1. The van der Waals surface area contributed by atoms with Crippen molar-refractivity contribution >= 4 is 22.8 Å². The molecule has 1 heterocycles. The largest absolute Gasteiger partial charge is 0.340 e. The van der Waals surface area contributed by atoms with Crippen LogP contribution in [0, 0.1) is 12.8 Å². The second-order valence-corrected chi connectivity index (χ2v) is 6.33. The number of aromatic nitrogens is 2. The van der Waals surface area contributed by atoms with Gasteiger partial charge < -0.3 is 15.6 Å². The Bertz CT molecular complexity index is 803. The SMILES string of the molecule is Cc1ccc(NC(=O)NC(c2nc3ccccc3[nH]2)C(C)C)cc1. The average Bonchev–Trinajstić information content (AvgIpc) is 2.98. The van der Waals surface area contributed by atoms with Gasteiger partial charge in [0, 0.05) is 5.69 Å². The lowest BCUT2D eigenvalue weighted by atomic mass is 10.0. The van der Waals surface area contributed by atoms with Crippen LogP contribution < -0.4 is 10.6 Å². The van der Waals surface area contributed by atoms with Crippen LogP contribution in [0.3, 0.4) is 0 Å². The van der Waals surface area contributed by atoms with Crippen molar-refractivity contribution in [2.75, 3.05) is 5.32 Å². The fraction of sp³-hybridized carbons (Fsp3) is 0.263. The molecule has 3 N–H and O–H groups in total. The molecule has 1 unspecified atom stereocenters. The number of hydrogen-bond acceptors (Lipinski definition) is 2. The number of anilines is 1. The summed E-state index contributed by atoms with van der Waals surface area (Å²) in [5.41, 5.74) is 3.80. The number of para-hydroxylation sites is 2. The van der Waals surface area contributed by atoms with Gasteiger partial charge in [-0.1, -0.05) is 43.7 Å². The minimum Gasteiger partial charge on any atom is -0.340 e. The molecule has 124 valence electrons. The van der Waals surface area contributed by atoms with E-state index in [4.69, 9.17) is 0 Å². The van der Waals surface area contributed by atoms with Crippen LogP contribution in [0.5, 0.6) is 0 Å². The van der Waals surface area contributed by atoms with Crippen molar-refractivity contribution in [2.24, 2.45) is 5.92 Å². The van der Waals surface area contributed by atoms with E-state index in [9.17, 15) is 4.79 Å². The van der Waals surface area contributed by atoms with Crippen LogP contribution in [0.15, 0.2) is 48.5 Å². The quantitative estimate of drug-likeness (QED) is 0.666. The second-order valence-electron chi connectivity index (χ2n) is 6.33. The number of benzene rings is 2. The van der Waals surface area contributed by atoms with E-state index in [0.29, 0.717) is 0 Å². The molecule has 1 aromatic heterocycles. The molecule has 0 bridgehead atoms. The van der Waals surface area contributed by atoms with Gasteiger partial charge in [0.1, 0.15) is 5.82 Å². The third kappa shape index (κ3) is 3.56. The van der Waals surface area contributed by atoms with Crippen LogP contribution in [0.4, 0.5) is 10.5 Å². The Morgan fingerprint density at radius 1 is 1.08 bits per heavy atom. The number of hydrogen-bond donors (Lipinski definition) is 3. The summed E-state index contributed by atoms with van der Waals surface area (Å²) in [6.07, 6.45) is 0. The van der Waals surface area contributed by atoms with Crippen LogP contribution in [-0.2, 0) is 0 Å². The molecule has 2 amide bonds. The van der Waals surface area contributed by atoms with Crippen LogP contribution in [0.2, 0.25) is 0 Å². The number of H-pyrrole nitrogens is 1. The van der Waals surface area contributed by atoms with E-state index in [1.807, 2.05) is 55.5 Å². The number of rotatable bonds is 4. The van der Waals surface area contributed by atoms with E-state index in [0.717, 1.165) is 28.1 Å². The van der Waals surface area contributed by atoms with Gasteiger partial charge in [-0.05, 0) is 37.1 Å². The highest BCUT2D eigenvalue weighted by Gasteiger charge is 2.21. The zero-order valence-corrected chi connectivity index (χ0v) is 14.1. The smallest absolute Gasteiger partial charge is 0.319 e. The van der Waals surface area contributed by atoms with E-state index in [2.05, 4.69) is 34.4 Å². The number of nitrogens with one attached hydrogen (secondary N) is 3. The Balaban J connectivity index is 1.76. The molecule has 0 radical (unpaired) electrons. The molecular weight excluding hydrogens is 300 g/mol. The first-order valence-corrected chi connectivity index (χ1v) is 8.12. The van der Waals surface area contributed by atoms with Crippen molar-refractivity contribution in [3.8, 4) is 0 Å². The Morgan fingerprint density at radius 2 is 1.79 bits per heavy atom. The van der Waals surface area contributed by atoms with Crippen molar-refractivity contribution < 1.29 is 4.79 Å². The summed E-state index contributed by atoms with van der Waals surface area (Å²) in [7, 11) is 0. The summed E-state index contributed by atoms with van der Waals surface area (Å²) in [4.78, 5) is 20.2. The van der Waals surface area contributed by atoms with E-state index in [-0.39, 0.29) is 18.0 Å². The van der Waals surface area contributed by atoms with Crippen molar-refractivity contribution in [3.63, 3.8) is 0 Å². The van der Waals surface area contributed by atoms with Gasteiger partial charge in [0.2, 0.25) is 0 Å². The topological polar surface area (TPSA) is 69.8 Å². The van der Waals surface area contributed by atoms with Gasteiger partial charge in [-0.15, -0.1) is 0 Å². The average molecular weight is 322 g/mol. The first-order valence-electron chi connectivity index (χ1n) is 8.12. The summed E-state index contributed by atoms with van der Waals surface area (Å²) in [6.45, 7) is 6.13. The molecule has 5 heteroatoms. The number of aryl methyl sites for hydroxylation is 1. The third-order valence-corrected chi connectivity index (χ3v) is 3.96. The number of urea groups is 1. The molecule has 0 aliphatic heterocycles. The van der Waals surface area contributed by atoms with Crippen LogP contribution >= 0.6 is 0 Å². The Morgan fingerprint density at radius 3 is 2.46 bits per heavy atom. The molecule has 0 saturated heterocycles. The molecule has 0 spiro atoms.